The number of ether oxygens (including phenoxy) is 2. The van der Waals surface area contributed by atoms with Crippen molar-refractivity contribution >= 4 is 5.91 Å². The maximum Gasteiger partial charge on any atom is 0.261 e. The van der Waals surface area contributed by atoms with Crippen molar-refractivity contribution in [3.05, 3.63) is 89.9 Å². The second kappa shape index (κ2) is 8.50. The molecule has 0 saturated carbocycles. The summed E-state index contributed by atoms with van der Waals surface area (Å²) in [7, 11) is 1.82. The van der Waals surface area contributed by atoms with Gasteiger partial charge in [-0.25, -0.2) is 8.78 Å². The van der Waals surface area contributed by atoms with E-state index in [4.69, 9.17) is 9.47 Å². The fourth-order valence-corrected chi connectivity index (χ4v) is 4.01. The monoisotopic (exact) mass is 476 g/mol. The van der Waals surface area contributed by atoms with Crippen molar-refractivity contribution in [2.75, 3.05) is 0 Å². The van der Waals surface area contributed by atoms with Crippen molar-refractivity contribution in [2.24, 2.45) is 7.05 Å². The number of carbonyl (C=O) groups is 1. The molecule has 5 rings (SSSR count). The van der Waals surface area contributed by atoms with Gasteiger partial charge in [-0.3, -0.25) is 19.4 Å². The zero-order valence-electron chi connectivity index (χ0n) is 19.3. The molecule has 7 nitrogen and oxygen atoms in total. The van der Waals surface area contributed by atoms with Crippen molar-refractivity contribution < 1.29 is 23.0 Å². The first-order valence-electron chi connectivity index (χ1n) is 10.9. The lowest BCUT2D eigenvalue weighted by Gasteiger charge is -2.42. The fourth-order valence-electron chi connectivity index (χ4n) is 4.01. The molecule has 1 aliphatic heterocycles. The van der Waals surface area contributed by atoms with E-state index >= 15 is 0 Å². The molecule has 0 atom stereocenters. The largest absolute Gasteiger partial charge is 0.468 e. The van der Waals surface area contributed by atoms with E-state index in [1.807, 2.05) is 13.2 Å². The minimum atomic E-state index is -1.03. The van der Waals surface area contributed by atoms with Crippen LogP contribution in [0.3, 0.4) is 0 Å². The first-order valence-corrected chi connectivity index (χ1v) is 10.9. The Balaban J connectivity index is 1.42. The second-order valence-corrected chi connectivity index (χ2v) is 8.76. The summed E-state index contributed by atoms with van der Waals surface area (Å²) in [5, 5.41) is 4.16. The van der Waals surface area contributed by atoms with Crippen LogP contribution < -0.4 is 9.47 Å². The van der Waals surface area contributed by atoms with Crippen molar-refractivity contribution in [3.63, 3.8) is 0 Å². The molecule has 35 heavy (non-hydrogen) atoms. The van der Waals surface area contributed by atoms with E-state index in [9.17, 15) is 13.6 Å². The van der Waals surface area contributed by atoms with Crippen molar-refractivity contribution in [1.82, 2.24) is 19.7 Å². The average molecular weight is 476 g/mol. The number of nitrogens with zero attached hydrogens (tertiary/aromatic N) is 4. The number of amides is 1. The first-order chi connectivity index (χ1) is 16.7. The van der Waals surface area contributed by atoms with Gasteiger partial charge < -0.3 is 9.47 Å². The Labute approximate surface area is 200 Å². The van der Waals surface area contributed by atoms with Crippen LogP contribution in [0.1, 0.15) is 29.8 Å². The maximum absolute atomic E-state index is 13.7. The van der Waals surface area contributed by atoms with E-state index < -0.39 is 17.4 Å². The third-order valence-electron chi connectivity index (χ3n) is 5.67. The van der Waals surface area contributed by atoms with Crippen molar-refractivity contribution in [3.8, 4) is 28.5 Å². The summed E-state index contributed by atoms with van der Waals surface area (Å²) in [5.41, 5.74) is 1.13. The number of halogens is 2. The molecule has 9 heteroatoms. The topological polar surface area (TPSA) is 69.5 Å². The average Bonchev–Trinajstić information content (AvgIpc) is 3.23. The number of aromatic nitrogens is 3. The van der Waals surface area contributed by atoms with Crippen LogP contribution in [0.25, 0.3) is 11.3 Å². The minimum absolute atomic E-state index is 0.0239. The van der Waals surface area contributed by atoms with Crippen LogP contribution in [0.4, 0.5) is 8.78 Å². The zero-order valence-corrected chi connectivity index (χ0v) is 19.3. The summed E-state index contributed by atoms with van der Waals surface area (Å²) in [5.74, 6) is -0.377. The summed E-state index contributed by atoms with van der Waals surface area (Å²) >= 11 is 0. The molecule has 2 aromatic carbocycles. The molecular weight excluding hydrogens is 454 g/mol. The predicted octanol–water partition coefficient (Wildman–Crippen LogP) is 5.32. The van der Waals surface area contributed by atoms with Crippen LogP contribution in [-0.4, -0.2) is 31.3 Å². The van der Waals surface area contributed by atoms with Gasteiger partial charge in [0.05, 0.1) is 17.5 Å². The lowest BCUT2D eigenvalue weighted by atomic mass is 10.0. The zero-order chi connectivity index (χ0) is 24.7. The number of pyridine rings is 1. The van der Waals surface area contributed by atoms with Gasteiger partial charge in [0.25, 0.3) is 5.91 Å². The highest BCUT2D eigenvalue weighted by Gasteiger charge is 2.40. The molecule has 0 unspecified atom stereocenters. The van der Waals surface area contributed by atoms with Gasteiger partial charge in [-0.05, 0) is 55.8 Å². The fraction of sp³-hybridized carbons (Fsp3) is 0.192. The molecule has 3 heterocycles. The molecule has 0 saturated heterocycles. The van der Waals surface area contributed by atoms with Gasteiger partial charge in [-0.15, -0.1) is 0 Å². The molecule has 0 bridgehead atoms. The predicted molar refractivity (Wildman–Crippen MR) is 124 cm³/mol. The van der Waals surface area contributed by atoms with Crippen molar-refractivity contribution in [2.45, 2.75) is 26.1 Å². The van der Waals surface area contributed by atoms with Crippen LogP contribution in [0, 0.1) is 11.6 Å². The van der Waals surface area contributed by atoms with Crippen LogP contribution in [0.5, 0.6) is 17.2 Å². The molecule has 2 aromatic heterocycles. The van der Waals surface area contributed by atoms with E-state index in [-0.39, 0.29) is 12.5 Å². The summed E-state index contributed by atoms with van der Waals surface area (Å²) in [6, 6.07) is 11.7. The highest BCUT2D eigenvalue weighted by atomic mass is 19.1. The van der Waals surface area contributed by atoms with Gasteiger partial charge in [0.2, 0.25) is 0 Å². The van der Waals surface area contributed by atoms with Crippen LogP contribution in [0.2, 0.25) is 0 Å². The Hall–Kier alpha value is -4.27. The summed E-state index contributed by atoms with van der Waals surface area (Å²) in [6.45, 7) is 3.43. The molecule has 1 aliphatic rings. The van der Waals surface area contributed by atoms with E-state index in [1.54, 1.807) is 61.3 Å². The lowest BCUT2D eigenvalue weighted by molar-refractivity contribution is -0.0537. The van der Waals surface area contributed by atoms with Gasteiger partial charge in [-0.2, -0.15) is 5.10 Å². The van der Waals surface area contributed by atoms with E-state index in [2.05, 4.69) is 10.1 Å². The Morgan fingerprint density at radius 1 is 1.03 bits per heavy atom. The summed E-state index contributed by atoms with van der Waals surface area (Å²) < 4.78 is 41.2. The molecule has 0 aliphatic carbocycles. The van der Waals surface area contributed by atoms with E-state index in [0.717, 1.165) is 11.6 Å². The summed E-state index contributed by atoms with van der Waals surface area (Å²) in [4.78, 5) is 19.2. The third-order valence-corrected chi connectivity index (χ3v) is 5.67. The number of aryl methyl sites for hydroxylation is 1. The molecule has 0 N–H and O–H groups in total. The SMILES string of the molecule is Cn1cc(-c2cc(Oc3ccc4c(c3)C(=O)N(Cc3cc(F)cc(F)c3)C(C)(C)O4)ccn2)cn1. The minimum Gasteiger partial charge on any atom is -0.468 e. The van der Waals surface area contributed by atoms with Crippen LogP contribution in [0.15, 0.2) is 67.1 Å². The standard InChI is InChI=1S/C26H22F2N4O3/c1-26(2)32(14-16-8-18(27)10-19(28)9-16)25(33)22-11-20(4-5-24(22)35-26)34-21-6-7-29-23(12-21)17-13-30-31(3)15-17/h4-13,15H,14H2,1-3H3. The number of rotatable bonds is 5. The third kappa shape index (κ3) is 4.57. The summed E-state index contributed by atoms with van der Waals surface area (Å²) in [6.07, 6.45) is 5.19. The second-order valence-electron chi connectivity index (χ2n) is 8.76. The Bertz CT molecular complexity index is 1410. The molecule has 4 aromatic rings. The van der Waals surface area contributed by atoms with E-state index in [0.29, 0.717) is 34.1 Å². The first kappa shape index (κ1) is 22.5. The molecule has 178 valence electrons. The Kier molecular flexibility index (Phi) is 5.47. The number of hydrogen-bond acceptors (Lipinski definition) is 5. The smallest absolute Gasteiger partial charge is 0.261 e. The quantitative estimate of drug-likeness (QED) is 0.390. The normalized spacial score (nSPS) is 14.4. The van der Waals surface area contributed by atoms with Gasteiger partial charge in [-0.1, -0.05) is 0 Å². The van der Waals surface area contributed by atoms with Crippen molar-refractivity contribution in [1.29, 1.82) is 0 Å². The molecule has 0 spiro atoms. The van der Waals surface area contributed by atoms with Gasteiger partial charge >= 0.3 is 0 Å². The number of fused-ring (bicyclic) bond motifs is 1. The number of hydrogen-bond donors (Lipinski definition) is 0. The molecular formula is C26H22F2N4O3. The van der Waals surface area contributed by atoms with Crippen LogP contribution >= 0.6 is 0 Å². The maximum atomic E-state index is 13.7. The van der Waals surface area contributed by atoms with Crippen LogP contribution in [-0.2, 0) is 13.6 Å². The number of carbonyl (C=O) groups excluding carboxylic acids is 1. The Morgan fingerprint density at radius 2 is 1.77 bits per heavy atom. The highest BCUT2D eigenvalue weighted by Crippen LogP contribution is 2.37. The van der Waals surface area contributed by atoms with Gasteiger partial charge in [0, 0.05) is 43.7 Å². The van der Waals surface area contributed by atoms with Gasteiger partial charge in [0.1, 0.15) is 28.9 Å². The van der Waals surface area contributed by atoms with Gasteiger partial charge in [0.15, 0.2) is 5.72 Å². The lowest BCUT2D eigenvalue weighted by Crippen LogP contribution is -2.54. The highest BCUT2D eigenvalue weighted by molar-refractivity contribution is 5.98. The molecule has 0 fully saturated rings. The molecule has 0 radical (unpaired) electrons. The number of benzene rings is 2. The Morgan fingerprint density at radius 3 is 2.49 bits per heavy atom. The van der Waals surface area contributed by atoms with E-state index in [1.165, 1.54) is 17.0 Å². The molecule has 1 amide bonds.